The van der Waals surface area contributed by atoms with Gasteiger partial charge in [-0.05, 0) is 36.8 Å². The van der Waals surface area contributed by atoms with Crippen molar-refractivity contribution < 1.29 is 9.47 Å². The van der Waals surface area contributed by atoms with Gasteiger partial charge < -0.3 is 9.47 Å². The topological polar surface area (TPSA) is 42.2 Å². The van der Waals surface area contributed by atoms with E-state index in [1.165, 1.54) is 0 Å². The molecule has 0 aliphatic heterocycles. The van der Waals surface area contributed by atoms with E-state index >= 15 is 0 Å². The lowest BCUT2D eigenvalue weighted by Crippen LogP contribution is -1.99. The van der Waals surface area contributed by atoms with Crippen molar-refractivity contribution >= 4 is 0 Å². The van der Waals surface area contributed by atoms with Crippen LogP contribution in [-0.2, 0) is 6.61 Å². The number of nitriles is 1. The molecule has 0 fully saturated rings. The standard InChI is InChI=1S/C16H15NO2/c1-2-18-15-8-3-4-9-16(15)19-12-14-7-5-6-13(10-14)11-17/h3-10H,2,12H2,1H3. The van der Waals surface area contributed by atoms with E-state index in [2.05, 4.69) is 6.07 Å². The van der Waals surface area contributed by atoms with Crippen LogP contribution in [0.25, 0.3) is 0 Å². The Bertz CT molecular complexity index is 587. The molecular formula is C16H15NO2. The molecule has 2 aromatic carbocycles. The Morgan fingerprint density at radius 2 is 1.74 bits per heavy atom. The first-order valence-electron chi connectivity index (χ1n) is 6.17. The maximum absolute atomic E-state index is 8.85. The molecule has 0 N–H and O–H groups in total. The second kappa shape index (κ2) is 6.46. The number of para-hydroxylation sites is 2. The number of hydrogen-bond acceptors (Lipinski definition) is 3. The van der Waals surface area contributed by atoms with Gasteiger partial charge in [-0.15, -0.1) is 0 Å². The highest BCUT2D eigenvalue weighted by atomic mass is 16.5. The first kappa shape index (κ1) is 13.0. The number of hydrogen-bond donors (Lipinski definition) is 0. The molecule has 0 atom stereocenters. The first-order chi connectivity index (χ1) is 9.33. The average Bonchev–Trinajstić information content (AvgIpc) is 2.47. The third-order valence-electron chi connectivity index (χ3n) is 2.60. The van der Waals surface area contributed by atoms with Gasteiger partial charge in [-0.3, -0.25) is 0 Å². The quantitative estimate of drug-likeness (QED) is 0.818. The Balaban J connectivity index is 2.08. The molecule has 0 aromatic heterocycles. The number of ether oxygens (including phenoxy) is 2. The summed E-state index contributed by atoms with van der Waals surface area (Å²) in [6.45, 7) is 2.96. The van der Waals surface area contributed by atoms with E-state index in [1.807, 2.05) is 49.4 Å². The van der Waals surface area contributed by atoms with Gasteiger partial charge in [-0.1, -0.05) is 24.3 Å². The van der Waals surface area contributed by atoms with Crippen molar-refractivity contribution in [3.63, 3.8) is 0 Å². The van der Waals surface area contributed by atoms with Crippen LogP contribution in [0.4, 0.5) is 0 Å². The predicted octanol–water partition coefficient (Wildman–Crippen LogP) is 3.54. The van der Waals surface area contributed by atoms with E-state index < -0.39 is 0 Å². The van der Waals surface area contributed by atoms with Crippen LogP contribution in [0.1, 0.15) is 18.1 Å². The Morgan fingerprint density at radius 1 is 1.00 bits per heavy atom. The van der Waals surface area contributed by atoms with Crippen LogP contribution < -0.4 is 9.47 Å². The molecule has 96 valence electrons. The smallest absolute Gasteiger partial charge is 0.161 e. The molecule has 0 saturated carbocycles. The lowest BCUT2D eigenvalue weighted by atomic mass is 10.1. The summed E-state index contributed by atoms with van der Waals surface area (Å²) in [4.78, 5) is 0. The third kappa shape index (κ3) is 3.49. The highest BCUT2D eigenvalue weighted by molar-refractivity contribution is 5.40. The van der Waals surface area contributed by atoms with E-state index in [9.17, 15) is 0 Å². The fourth-order valence-electron chi connectivity index (χ4n) is 1.74. The molecular weight excluding hydrogens is 238 g/mol. The summed E-state index contributed by atoms with van der Waals surface area (Å²) in [6.07, 6.45) is 0. The minimum Gasteiger partial charge on any atom is -0.490 e. The molecule has 0 spiro atoms. The van der Waals surface area contributed by atoms with Crippen molar-refractivity contribution in [3.8, 4) is 17.6 Å². The number of benzene rings is 2. The van der Waals surface area contributed by atoms with Crippen molar-refractivity contribution in [2.45, 2.75) is 13.5 Å². The Labute approximate surface area is 113 Å². The zero-order chi connectivity index (χ0) is 13.5. The van der Waals surface area contributed by atoms with E-state index in [0.717, 1.165) is 11.3 Å². The highest BCUT2D eigenvalue weighted by Gasteiger charge is 2.04. The Hall–Kier alpha value is -2.47. The zero-order valence-electron chi connectivity index (χ0n) is 10.8. The average molecular weight is 253 g/mol. The van der Waals surface area contributed by atoms with Gasteiger partial charge >= 0.3 is 0 Å². The second-order valence-corrected chi connectivity index (χ2v) is 3.98. The monoisotopic (exact) mass is 253 g/mol. The van der Waals surface area contributed by atoms with Crippen LogP contribution in [0.15, 0.2) is 48.5 Å². The summed E-state index contributed by atoms with van der Waals surface area (Å²) in [7, 11) is 0. The van der Waals surface area contributed by atoms with E-state index in [0.29, 0.717) is 24.5 Å². The molecule has 0 saturated heterocycles. The SMILES string of the molecule is CCOc1ccccc1OCc1cccc(C#N)c1. The molecule has 2 aromatic rings. The molecule has 2 rings (SSSR count). The molecule has 3 nitrogen and oxygen atoms in total. The normalized spacial score (nSPS) is 9.68. The highest BCUT2D eigenvalue weighted by Crippen LogP contribution is 2.27. The molecule has 0 aliphatic carbocycles. The largest absolute Gasteiger partial charge is 0.490 e. The fourth-order valence-corrected chi connectivity index (χ4v) is 1.74. The molecule has 0 bridgehead atoms. The maximum Gasteiger partial charge on any atom is 0.161 e. The van der Waals surface area contributed by atoms with Crippen LogP contribution in [0, 0.1) is 11.3 Å². The molecule has 0 unspecified atom stereocenters. The summed E-state index contributed by atoms with van der Waals surface area (Å²) >= 11 is 0. The van der Waals surface area contributed by atoms with Gasteiger partial charge in [0.05, 0.1) is 18.2 Å². The Kier molecular flexibility index (Phi) is 4.41. The summed E-state index contributed by atoms with van der Waals surface area (Å²) in [5, 5.41) is 8.85. The van der Waals surface area contributed by atoms with Crippen LogP contribution in [0.3, 0.4) is 0 Å². The fraction of sp³-hybridized carbons (Fsp3) is 0.188. The zero-order valence-corrected chi connectivity index (χ0v) is 10.8. The lowest BCUT2D eigenvalue weighted by molar-refractivity contribution is 0.269. The summed E-state index contributed by atoms with van der Waals surface area (Å²) in [5.41, 5.74) is 1.60. The molecule has 0 radical (unpaired) electrons. The minimum absolute atomic E-state index is 0.416. The molecule has 0 heterocycles. The first-order valence-corrected chi connectivity index (χ1v) is 6.17. The van der Waals surface area contributed by atoms with Crippen molar-refractivity contribution in [1.82, 2.24) is 0 Å². The predicted molar refractivity (Wildman–Crippen MR) is 73.1 cm³/mol. The molecule has 3 heteroatoms. The van der Waals surface area contributed by atoms with Crippen molar-refractivity contribution in [3.05, 3.63) is 59.7 Å². The van der Waals surface area contributed by atoms with Gasteiger partial charge in [0.1, 0.15) is 6.61 Å². The summed E-state index contributed by atoms with van der Waals surface area (Å²) < 4.78 is 11.2. The van der Waals surface area contributed by atoms with Gasteiger partial charge in [-0.25, -0.2) is 0 Å². The summed E-state index contributed by atoms with van der Waals surface area (Å²) in [6, 6.07) is 17.1. The van der Waals surface area contributed by atoms with Crippen molar-refractivity contribution in [1.29, 1.82) is 5.26 Å². The maximum atomic E-state index is 8.85. The van der Waals surface area contributed by atoms with Crippen LogP contribution in [0.2, 0.25) is 0 Å². The summed E-state index contributed by atoms with van der Waals surface area (Å²) in [5.74, 6) is 1.45. The van der Waals surface area contributed by atoms with E-state index in [4.69, 9.17) is 14.7 Å². The van der Waals surface area contributed by atoms with Gasteiger partial charge in [0.15, 0.2) is 11.5 Å². The van der Waals surface area contributed by atoms with Crippen molar-refractivity contribution in [2.75, 3.05) is 6.61 Å². The van der Waals surface area contributed by atoms with Gasteiger partial charge in [0.2, 0.25) is 0 Å². The third-order valence-corrected chi connectivity index (χ3v) is 2.60. The van der Waals surface area contributed by atoms with Crippen LogP contribution in [-0.4, -0.2) is 6.61 Å². The van der Waals surface area contributed by atoms with Gasteiger partial charge in [0.25, 0.3) is 0 Å². The van der Waals surface area contributed by atoms with E-state index in [1.54, 1.807) is 6.07 Å². The van der Waals surface area contributed by atoms with Crippen LogP contribution >= 0.6 is 0 Å². The van der Waals surface area contributed by atoms with Crippen molar-refractivity contribution in [2.24, 2.45) is 0 Å². The molecule has 19 heavy (non-hydrogen) atoms. The molecule has 0 amide bonds. The molecule has 0 aliphatic rings. The Morgan fingerprint density at radius 3 is 2.42 bits per heavy atom. The number of rotatable bonds is 5. The van der Waals surface area contributed by atoms with Crippen LogP contribution in [0.5, 0.6) is 11.5 Å². The second-order valence-electron chi connectivity index (χ2n) is 3.98. The van der Waals surface area contributed by atoms with E-state index in [-0.39, 0.29) is 0 Å². The van der Waals surface area contributed by atoms with Gasteiger partial charge in [-0.2, -0.15) is 5.26 Å². The minimum atomic E-state index is 0.416. The lowest BCUT2D eigenvalue weighted by Gasteiger charge is -2.11. The van der Waals surface area contributed by atoms with Gasteiger partial charge in [0, 0.05) is 0 Å². The number of nitrogens with zero attached hydrogens (tertiary/aromatic N) is 1.